The van der Waals surface area contributed by atoms with Crippen molar-refractivity contribution in [2.45, 2.75) is 13.0 Å². The topological polar surface area (TPSA) is 55.2 Å². The summed E-state index contributed by atoms with van der Waals surface area (Å²) in [6, 6.07) is 12.1. The molecule has 1 atom stereocenters. The number of nitrogens with one attached hydrogen (secondary N) is 1. The highest BCUT2D eigenvalue weighted by Gasteiger charge is 2.10. The van der Waals surface area contributed by atoms with E-state index in [4.69, 9.17) is 11.6 Å². The average Bonchev–Trinajstić information content (AvgIpc) is 2.42. The summed E-state index contributed by atoms with van der Waals surface area (Å²) in [7, 11) is 0. The van der Waals surface area contributed by atoms with E-state index in [1.54, 1.807) is 12.1 Å². The number of nitro benzene ring substituents is 1. The lowest BCUT2D eigenvalue weighted by molar-refractivity contribution is -0.384. The molecule has 20 heavy (non-hydrogen) atoms. The van der Waals surface area contributed by atoms with Gasteiger partial charge in [-0.15, -0.1) is 0 Å². The van der Waals surface area contributed by atoms with Gasteiger partial charge in [0.25, 0.3) is 5.69 Å². The molecule has 104 valence electrons. The van der Waals surface area contributed by atoms with E-state index in [-0.39, 0.29) is 11.7 Å². The van der Waals surface area contributed by atoms with Gasteiger partial charge in [0.1, 0.15) is 0 Å². The first kappa shape index (κ1) is 14.8. The Hall–Kier alpha value is -1.59. The van der Waals surface area contributed by atoms with Crippen molar-refractivity contribution in [3.8, 4) is 0 Å². The third-order valence-electron chi connectivity index (χ3n) is 2.91. The molecule has 0 aliphatic rings. The summed E-state index contributed by atoms with van der Waals surface area (Å²) in [5.74, 6) is 0. The third-order valence-corrected chi connectivity index (χ3v) is 3.71. The van der Waals surface area contributed by atoms with Crippen molar-refractivity contribution < 1.29 is 4.92 Å². The molecule has 6 heteroatoms. The fourth-order valence-electron chi connectivity index (χ4n) is 1.81. The Morgan fingerprint density at radius 1 is 1.25 bits per heavy atom. The average molecular weight is 356 g/mol. The number of nitrogens with zero attached hydrogens (tertiary/aromatic N) is 1. The predicted octanol–water partition coefficient (Wildman–Crippen LogP) is 5.18. The molecule has 0 spiro atoms. The van der Waals surface area contributed by atoms with Crippen molar-refractivity contribution >= 4 is 38.9 Å². The molecule has 2 aromatic carbocycles. The van der Waals surface area contributed by atoms with E-state index in [0.717, 1.165) is 15.7 Å². The molecule has 0 saturated heterocycles. The summed E-state index contributed by atoms with van der Waals surface area (Å²) in [5.41, 5.74) is 1.86. The lowest BCUT2D eigenvalue weighted by Crippen LogP contribution is -2.07. The van der Waals surface area contributed by atoms with Crippen molar-refractivity contribution in [3.05, 3.63) is 67.6 Å². The number of nitro groups is 1. The first-order valence-corrected chi connectivity index (χ1v) is 7.10. The number of rotatable bonds is 4. The third kappa shape index (κ3) is 3.49. The van der Waals surface area contributed by atoms with E-state index in [1.165, 1.54) is 12.1 Å². The van der Waals surface area contributed by atoms with Gasteiger partial charge >= 0.3 is 0 Å². The second kappa shape index (κ2) is 6.24. The Kier molecular flexibility index (Phi) is 4.62. The van der Waals surface area contributed by atoms with Crippen LogP contribution in [0, 0.1) is 10.1 Å². The van der Waals surface area contributed by atoms with Crippen LogP contribution in [0.25, 0.3) is 0 Å². The van der Waals surface area contributed by atoms with Gasteiger partial charge in [0.05, 0.1) is 15.6 Å². The number of hydrogen-bond donors (Lipinski definition) is 1. The molecule has 4 nitrogen and oxygen atoms in total. The van der Waals surface area contributed by atoms with Crippen LogP contribution in [0.3, 0.4) is 0 Å². The van der Waals surface area contributed by atoms with Gasteiger partial charge in [-0.25, -0.2) is 0 Å². The molecular weight excluding hydrogens is 344 g/mol. The van der Waals surface area contributed by atoms with Crippen molar-refractivity contribution in [1.29, 1.82) is 0 Å². The van der Waals surface area contributed by atoms with E-state index in [0.29, 0.717) is 5.02 Å². The summed E-state index contributed by atoms with van der Waals surface area (Å²) >= 11 is 9.50. The standard InChI is InChI=1S/C14H12BrClN2O2/c1-9(10-2-5-12(6-3-10)18(19)20)17-14-7-4-11(15)8-13(14)16/h2-9,17H,1H3. The molecule has 0 heterocycles. The largest absolute Gasteiger partial charge is 0.377 e. The molecule has 1 N–H and O–H groups in total. The molecule has 0 aliphatic heterocycles. The Labute approximate surface area is 130 Å². The summed E-state index contributed by atoms with van der Waals surface area (Å²) in [4.78, 5) is 10.2. The van der Waals surface area contributed by atoms with E-state index in [2.05, 4.69) is 21.2 Å². The molecule has 2 aromatic rings. The van der Waals surface area contributed by atoms with Gasteiger partial charge in [-0.3, -0.25) is 10.1 Å². The number of benzene rings is 2. The van der Waals surface area contributed by atoms with Gasteiger partial charge in [-0.2, -0.15) is 0 Å². The second-order valence-corrected chi connectivity index (χ2v) is 5.66. The normalized spacial score (nSPS) is 11.9. The molecule has 0 radical (unpaired) electrons. The lowest BCUT2D eigenvalue weighted by atomic mass is 10.1. The molecule has 0 amide bonds. The quantitative estimate of drug-likeness (QED) is 0.607. The molecule has 0 aromatic heterocycles. The van der Waals surface area contributed by atoms with Gasteiger partial charge < -0.3 is 5.32 Å². The minimum atomic E-state index is -0.409. The Morgan fingerprint density at radius 2 is 1.90 bits per heavy atom. The van der Waals surface area contributed by atoms with Crippen LogP contribution in [0.5, 0.6) is 0 Å². The predicted molar refractivity (Wildman–Crippen MR) is 84.3 cm³/mol. The van der Waals surface area contributed by atoms with Gasteiger partial charge in [0, 0.05) is 22.6 Å². The van der Waals surface area contributed by atoms with Crippen LogP contribution in [-0.4, -0.2) is 4.92 Å². The van der Waals surface area contributed by atoms with E-state index < -0.39 is 4.92 Å². The number of anilines is 1. The minimum Gasteiger partial charge on any atom is -0.377 e. The number of non-ortho nitro benzene ring substituents is 1. The van der Waals surface area contributed by atoms with Crippen LogP contribution in [0.1, 0.15) is 18.5 Å². The summed E-state index contributed by atoms with van der Waals surface area (Å²) < 4.78 is 0.913. The molecule has 1 unspecified atom stereocenters. The molecule has 0 aliphatic carbocycles. The summed E-state index contributed by atoms with van der Waals surface area (Å²) in [5, 5.41) is 14.5. The van der Waals surface area contributed by atoms with Crippen LogP contribution in [0.15, 0.2) is 46.9 Å². The smallest absolute Gasteiger partial charge is 0.269 e. The van der Waals surface area contributed by atoms with Gasteiger partial charge in [-0.1, -0.05) is 39.7 Å². The van der Waals surface area contributed by atoms with Gasteiger partial charge in [0.15, 0.2) is 0 Å². The van der Waals surface area contributed by atoms with Crippen LogP contribution in [0.4, 0.5) is 11.4 Å². The van der Waals surface area contributed by atoms with Gasteiger partial charge in [-0.05, 0) is 30.7 Å². The maximum atomic E-state index is 10.6. The van der Waals surface area contributed by atoms with E-state index in [1.807, 2.05) is 25.1 Å². The zero-order chi connectivity index (χ0) is 14.7. The highest BCUT2D eigenvalue weighted by Crippen LogP contribution is 2.29. The zero-order valence-corrected chi connectivity index (χ0v) is 13.0. The van der Waals surface area contributed by atoms with Crippen LogP contribution in [0.2, 0.25) is 5.02 Å². The molecule has 0 bridgehead atoms. The van der Waals surface area contributed by atoms with Gasteiger partial charge in [0.2, 0.25) is 0 Å². The van der Waals surface area contributed by atoms with Crippen LogP contribution >= 0.6 is 27.5 Å². The highest BCUT2D eigenvalue weighted by atomic mass is 79.9. The summed E-state index contributed by atoms with van der Waals surface area (Å²) in [6.07, 6.45) is 0. The van der Waals surface area contributed by atoms with Crippen molar-refractivity contribution in [2.24, 2.45) is 0 Å². The van der Waals surface area contributed by atoms with Crippen LogP contribution < -0.4 is 5.32 Å². The Morgan fingerprint density at radius 3 is 2.45 bits per heavy atom. The molecule has 2 rings (SSSR count). The van der Waals surface area contributed by atoms with Crippen molar-refractivity contribution in [3.63, 3.8) is 0 Å². The maximum absolute atomic E-state index is 10.6. The molecule has 0 saturated carbocycles. The summed E-state index contributed by atoms with van der Waals surface area (Å²) in [6.45, 7) is 1.97. The minimum absolute atomic E-state index is 0.00511. The zero-order valence-electron chi connectivity index (χ0n) is 10.6. The maximum Gasteiger partial charge on any atom is 0.269 e. The highest BCUT2D eigenvalue weighted by molar-refractivity contribution is 9.10. The van der Waals surface area contributed by atoms with Crippen molar-refractivity contribution in [1.82, 2.24) is 0 Å². The van der Waals surface area contributed by atoms with E-state index in [9.17, 15) is 10.1 Å². The van der Waals surface area contributed by atoms with Crippen molar-refractivity contribution in [2.75, 3.05) is 5.32 Å². The Bertz CT molecular complexity index is 632. The second-order valence-electron chi connectivity index (χ2n) is 4.34. The monoisotopic (exact) mass is 354 g/mol. The van der Waals surface area contributed by atoms with Crippen LogP contribution in [-0.2, 0) is 0 Å². The number of halogens is 2. The lowest BCUT2D eigenvalue weighted by Gasteiger charge is -2.16. The van der Waals surface area contributed by atoms with E-state index >= 15 is 0 Å². The fraction of sp³-hybridized carbons (Fsp3) is 0.143. The number of hydrogen-bond acceptors (Lipinski definition) is 3. The fourth-order valence-corrected chi connectivity index (χ4v) is 2.54. The first-order chi connectivity index (χ1) is 9.47. The molecule has 0 fully saturated rings. The Balaban J connectivity index is 2.15. The molecular formula is C14H12BrClN2O2. The SMILES string of the molecule is CC(Nc1ccc(Br)cc1Cl)c1ccc([N+](=O)[O-])cc1. The first-order valence-electron chi connectivity index (χ1n) is 5.93.